The molecule has 17 heavy (non-hydrogen) atoms. The van der Waals surface area contributed by atoms with Crippen LogP contribution in [0.15, 0.2) is 0 Å². The molecular weight excluding hydrogens is 210 g/mol. The van der Waals surface area contributed by atoms with Crippen LogP contribution in [0.3, 0.4) is 0 Å². The highest BCUT2D eigenvalue weighted by Gasteiger charge is 2.22. The van der Waals surface area contributed by atoms with Gasteiger partial charge in [-0.05, 0) is 72.3 Å². The third kappa shape index (κ3) is 4.23. The zero-order valence-corrected chi connectivity index (χ0v) is 11.6. The summed E-state index contributed by atoms with van der Waals surface area (Å²) < 4.78 is 0. The summed E-state index contributed by atoms with van der Waals surface area (Å²) in [5.41, 5.74) is 0. The molecule has 0 aromatic carbocycles. The summed E-state index contributed by atoms with van der Waals surface area (Å²) in [7, 11) is 4.56. The van der Waals surface area contributed by atoms with Crippen LogP contribution in [-0.2, 0) is 0 Å². The monoisotopic (exact) mass is 239 g/mol. The Labute approximate surface area is 107 Å². The molecule has 2 saturated heterocycles. The second kappa shape index (κ2) is 6.72. The van der Waals surface area contributed by atoms with Gasteiger partial charge in [-0.15, -0.1) is 0 Å². The quantitative estimate of drug-likeness (QED) is 0.758. The third-order valence-corrected chi connectivity index (χ3v) is 4.45. The van der Waals surface area contributed by atoms with E-state index >= 15 is 0 Å². The van der Waals surface area contributed by atoms with Gasteiger partial charge in [0.15, 0.2) is 0 Å². The molecule has 2 unspecified atom stereocenters. The molecule has 3 heteroatoms. The molecule has 0 bridgehead atoms. The van der Waals surface area contributed by atoms with E-state index in [1.54, 1.807) is 0 Å². The molecule has 0 aromatic rings. The smallest absolute Gasteiger partial charge is 0.0220 e. The van der Waals surface area contributed by atoms with E-state index in [1.807, 2.05) is 0 Å². The normalized spacial score (nSPS) is 30.5. The van der Waals surface area contributed by atoms with Gasteiger partial charge in [-0.3, -0.25) is 0 Å². The topological polar surface area (TPSA) is 18.5 Å². The minimum Gasteiger partial charge on any atom is -0.314 e. The van der Waals surface area contributed by atoms with E-state index in [1.165, 1.54) is 64.7 Å². The number of rotatable bonds is 6. The van der Waals surface area contributed by atoms with Crippen molar-refractivity contribution in [3.63, 3.8) is 0 Å². The highest BCUT2D eigenvalue weighted by atomic mass is 15.2. The Bertz CT molecular complexity index is 214. The van der Waals surface area contributed by atoms with E-state index in [0.29, 0.717) is 0 Å². The van der Waals surface area contributed by atoms with Crippen molar-refractivity contribution in [3.8, 4) is 0 Å². The summed E-state index contributed by atoms with van der Waals surface area (Å²) in [5.74, 6) is 0. The van der Waals surface area contributed by atoms with Crippen molar-refractivity contribution in [2.24, 2.45) is 0 Å². The van der Waals surface area contributed by atoms with Crippen molar-refractivity contribution in [2.75, 3.05) is 40.3 Å². The van der Waals surface area contributed by atoms with Crippen LogP contribution < -0.4 is 5.32 Å². The highest BCUT2D eigenvalue weighted by Crippen LogP contribution is 2.16. The number of hydrogen-bond acceptors (Lipinski definition) is 3. The van der Waals surface area contributed by atoms with Crippen LogP contribution in [0.1, 0.15) is 38.5 Å². The Morgan fingerprint density at radius 2 is 2.18 bits per heavy atom. The van der Waals surface area contributed by atoms with Crippen LogP contribution >= 0.6 is 0 Å². The lowest BCUT2D eigenvalue weighted by molar-refractivity contribution is 0.216. The predicted octanol–water partition coefficient (Wildman–Crippen LogP) is 1.54. The lowest BCUT2D eigenvalue weighted by atomic mass is 10.1. The van der Waals surface area contributed by atoms with Crippen LogP contribution in [0, 0.1) is 0 Å². The maximum Gasteiger partial charge on any atom is 0.0220 e. The minimum absolute atomic E-state index is 0.810. The maximum absolute atomic E-state index is 3.58. The van der Waals surface area contributed by atoms with Crippen LogP contribution in [0.4, 0.5) is 0 Å². The zero-order valence-electron chi connectivity index (χ0n) is 11.6. The van der Waals surface area contributed by atoms with Crippen molar-refractivity contribution in [3.05, 3.63) is 0 Å². The van der Waals surface area contributed by atoms with Gasteiger partial charge in [0.1, 0.15) is 0 Å². The fraction of sp³-hybridized carbons (Fsp3) is 1.00. The summed E-state index contributed by atoms with van der Waals surface area (Å²) in [6.07, 6.45) is 8.28. The predicted molar refractivity (Wildman–Crippen MR) is 73.4 cm³/mol. The van der Waals surface area contributed by atoms with Crippen molar-refractivity contribution in [1.29, 1.82) is 0 Å². The highest BCUT2D eigenvalue weighted by molar-refractivity contribution is 4.79. The molecule has 0 saturated carbocycles. The average molecular weight is 239 g/mol. The molecule has 0 spiro atoms. The third-order valence-electron chi connectivity index (χ3n) is 4.45. The van der Waals surface area contributed by atoms with E-state index in [4.69, 9.17) is 0 Å². The summed E-state index contributed by atoms with van der Waals surface area (Å²) in [5, 5.41) is 3.58. The van der Waals surface area contributed by atoms with E-state index < -0.39 is 0 Å². The van der Waals surface area contributed by atoms with Crippen LogP contribution in [0.25, 0.3) is 0 Å². The molecule has 1 N–H and O–H groups in total. The lowest BCUT2D eigenvalue weighted by Crippen LogP contribution is -2.37. The van der Waals surface area contributed by atoms with Gasteiger partial charge in [0.2, 0.25) is 0 Å². The van der Waals surface area contributed by atoms with Gasteiger partial charge in [0.25, 0.3) is 0 Å². The van der Waals surface area contributed by atoms with Crippen LogP contribution in [0.5, 0.6) is 0 Å². The second-order valence-electron chi connectivity index (χ2n) is 5.97. The van der Waals surface area contributed by atoms with Gasteiger partial charge in [0.05, 0.1) is 0 Å². The standard InChI is InChI=1S/C14H29N3/c1-16(12-14-8-5-11-17(14)2)10-4-7-13-6-3-9-15-13/h13-15H,3-12H2,1-2H3. The van der Waals surface area contributed by atoms with Gasteiger partial charge in [-0.1, -0.05) is 0 Å². The Morgan fingerprint density at radius 1 is 1.29 bits per heavy atom. The summed E-state index contributed by atoms with van der Waals surface area (Å²) >= 11 is 0. The first-order valence-corrected chi connectivity index (χ1v) is 7.38. The molecule has 0 radical (unpaired) electrons. The summed E-state index contributed by atoms with van der Waals surface area (Å²) in [6, 6.07) is 1.63. The zero-order chi connectivity index (χ0) is 12.1. The Morgan fingerprint density at radius 3 is 2.82 bits per heavy atom. The first-order chi connectivity index (χ1) is 8.25. The molecule has 3 nitrogen and oxygen atoms in total. The molecule has 2 rings (SSSR count). The number of likely N-dealkylation sites (N-methyl/N-ethyl adjacent to an activating group) is 2. The van der Waals surface area contributed by atoms with Crippen LogP contribution in [0.2, 0.25) is 0 Å². The van der Waals surface area contributed by atoms with E-state index in [2.05, 4.69) is 29.2 Å². The minimum atomic E-state index is 0.810. The first kappa shape index (κ1) is 13.3. The summed E-state index contributed by atoms with van der Waals surface area (Å²) in [6.45, 7) is 5.06. The van der Waals surface area contributed by atoms with E-state index in [0.717, 1.165) is 12.1 Å². The Hall–Kier alpha value is -0.120. The van der Waals surface area contributed by atoms with Gasteiger partial charge < -0.3 is 15.1 Å². The SMILES string of the molecule is CN(CCCC1CCCN1)CC1CCCN1C. The molecule has 2 aliphatic heterocycles. The molecule has 0 aliphatic carbocycles. The maximum atomic E-state index is 3.58. The number of nitrogens with zero attached hydrogens (tertiary/aromatic N) is 2. The van der Waals surface area contributed by atoms with Gasteiger partial charge >= 0.3 is 0 Å². The largest absolute Gasteiger partial charge is 0.314 e. The van der Waals surface area contributed by atoms with E-state index in [-0.39, 0.29) is 0 Å². The molecule has 2 fully saturated rings. The Kier molecular flexibility index (Phi) is 5.26. The molecule has 0 amide bonds. The fourth-order valence-corrected chi connectivity index (χ4v) is 3.27. The van der Waals surface area contributed by atoms with Crippen molar-refractivity contribution in [1.82, 2.24) is 15.1 Å². The number of likely N-dealkylation sites (tertiary alicyclic amines) is 1. The number of hydrogen-bond donors (Lipinski definition) is 1. The second-order valence-corrected chi connectivity index (χ2v) is 5.97. The molecule has 0 aromatic heterocycles. The van der Waals surface area contributed by atoms with Crippen molar-refractivity contribution in [2.45, 2.75) is 50.6 Å². The van der Waals surface area contributed by atoms with E-state index in [9.17, 15) is 0 Å². The van der Waals surface area contributed by atoms with Gasteiger partial charge in [-0.25, -0.2) is 0 Å². The lowest BCUT2D eigenvalue weighted by Gasteiger charge is -2.26. The average Bonchev–Trinajstić information content (AvgIpc) is 2.92. The Balaban J connectivity index is 1.55. The van der Waals surface area contributed by atoms with Gasteiger partial charge in [0, 0.05) is 18.6 Å². The molecule has 2 aliphatic rings. The summed E-state index contributed by atoms with van der Waals surface area (Å²) in [4.78, 5) is 5.05. The van der Waals surface area contributed by atoms with Crippen molar-refractivity contribution >= 4 is 0 Å². The number of nitrogens with one attached hydrogen (secondary N) is 1. The molecule has 2 heterocycles. The molecule has 2 atom stereocenters. The van der Waals surface area contributed by atoms with Crippen LogP contribution in [-0.4, -0.2) is 62.2 Å². The van der Waals surface area contributed by atoms with Crippen molar-refractivity contribution < 1.29 is 0 Å². The molecular formula is C14H29N3. The fourth-order valence-electron chi connectivity index (χ4n) is 3.27. The first-order valence-electron chi connectivity index (χ1n) is 7.38. The van der Waals surface area contributed by atoms with Gasteiger partial charge in [-0.2, -0.15) is 0 Å². The molecule has 100 valence electrons.